The van der Waals surface area contributed by atoms with Crippen molar-refractivity contribution in [3.05, 3.63) is 66.9 Å². The second-order valence-corrected chi connectivity index (χ2v) is 7.50. The Bertz CT molecular complexity index is 1080. The number of aromatic nitrogens is 1. The molecule has 2 heterocycles. The minimum atomic E-state index is 0.0418. The van der Waals surface area contributed by atoms with Crippen molar-refractivity contribution in [1.82, 2.24) is 9.47 Å². The molecule has 0 aliphatic carbocycles. The molecule has 1 aromatic heterocycles. The van der Waals surface area contributed by atoms with E-state index in [4.69, 9.17) is 9.47 Å². The molecule has 6 heteroatoms. The molecule has 1 saturated heterocycles. The first-order chi connectivity index (χ1) is 15.2. The number of amides is 1. The van der Waals surface area contributed by atoms with Crippen LogP contribution in [0, 0.1) is 0 Å². The fourth-order valence-electron chi connectivity index (χ4n) is 4.25. The van der Waals surface area contributed by atoms with E-state index >= 15 is 0 Å². The first-order valence-corrected chi connectivity index (χ1v) is 10.7. The lowest BCUT2D eigenvalue weighted by atomic mass is 10.2. The molecule has 0 bridgehead atoms. The van der Waals surface area contributed by atoms with Crippen LogP contribution in [-0.2, 0) is 6.54 Å². The molecule has 0 radical (unpaired) electrons. The number of methoxy groups -OCH3 is 1. The zero-order valence-corrected chi connectivity index (χ0v) is 18.2. The molecule has 1 aliphatic heterocycles. The number of benzene rings is 2. The first kappa shape index (κ1) is 20.8. The van der Waals surface area contributed by atoms with E-state index in [0.29, 0.717) is 31.9 Å². The van der Waals surface area contributed by atoms with Crippen LogP contribution in [0.1, 0.15) is 17.4 Å². The summed E-state index contributed by atoms with van der Waals surface area (Å²) in [5, 5.41) is 0.960. The van der Waals surface area contributed by atoms with Crippen molar-refractivity contribution in [2.45, 2.75) is 13.5 Å². The third-order valence-electron chi connectivity index (χ3n) is 5.73. The van der Waals surface area contributed by atoms with Gasteiger partial charge in [-0.2, -0.15) is 0 Å². The minimum absolute atomic E-state index is 0.0418. The van der Waals surface area contributed by atoms with E-state index in [2.05, 4.69) is 17.5 Å². The van der Waals surface area contributed by atoms with Crippen LogP contribution in [-0.4, -0.2) is 55.3 Å². The number of ether oxygens (including phenoxy) is 2. The number of piperazine rings is 1. The second kappa shape index (κ2) is 9.16. The van der Waals surface area contributed by atoms with E-state index in [0.717, 1.165) is 41.2 Å². The first-order valence-electron chi connectivity index (χ1n) is 10.7. The van der Waals surface area contributed by atoms with Crippen LogP contribution in [0.4, 0.5) is 5.69 Å². The molecule has 162 valence electrons. The molecule has 6 nitrogen and oxygen atoms in total. The number of nitrogens with zero attached hydrogens (tertiary/aromatic N) is 3. The van der Waals surface area contributed by atoms with Gasteiger partial charge in [-0.3, -0.25) is 4.79 Å². The van der Waals surface area contributed by atoms with Gasteiger partial charge in [-0.15, -0.1) is 6.58 Å². The zero-order valence-electron chi connectivity index (χ0n) is 18.2. The smallest absolute Gasteiger partial charge is 0.270 e. The molecule has 1 aliphatic rings. The maximum Gasteiger partial charge on any atom is 0.270 e. The Morgan fingerprint density at radius 2 is 1.81 bits per heavy atom. The maximum absolute atomic E-state index is 13.5. The lowest BCUT2D eigenvalue weighted by Gasteiger charge is -2.36. The van der Waals surface area contributed by atoms with Crippen LogP contribution in [0.25, 0.3) is 10.9 Å². The Labute approximate surface area is 183 Å². The van der Waals surface area contributed by atoms with Crippen LogP contribution in [0.15, 0.2) is 61.2 Å². The van der Waals surface area contributed by atoms with Gasteiger partial charge < -0.3 is 23.8 Å². The molecule has 2 aromatic carbocycles. The van der Waals surface area contributed by atoms with Gasteiger partial charge in [0.25, 0.3) is 5.91 Å². The number of para-hydroxylation sites is 2. The quantitative estimate of drug-likeness (QED) is 0.539. The molecular formula is C25H29N3O3. The summed E-state index contributed by atoms with van der Waals surface area (Å²) in [6.07, 6.45) is 1.82. The van der Waals surface area contributed by atoms with Crippen LogP contribution < -0.4 is 14.4 Å². The molecule has 3 aromatic rings. The third kappa shape index (κ3) is 3.98. The Morgan fingerprint density at radius 3 is 2.52 bits per heavy atom. The van der Waals surface area contributed by atoms with Gasteiger partial charge >= 0.3 is 0 Å². The highest BCUT2D eigenvalue weighted by molar-refractivity contribution is 6.00. The SMILES string of the molecule is C=CCn1c(C(=O)N2CCN(c3ccccc3OC)CC2)cc2c(OCC)cccc21. The lowest BCUT2D eigenvalue weighted by molar-refractivity contribution is 0.0737. The Hall–Kier alpha value is -3.41. The van der Waals surface area contributed by atoms with Crippen LogP contribution in [0.2, 0.25) is 0 Å². The highest BCUT2D eigenvalue weighted by Gasteiger charge is 2.26. The van der Waals surface area contributed by atoms with Gasteiger partial charge in [0.15, 0.2) is 0 Å². The molecule has 1 fully saturated rings. The fraction of sp³-hybridized carbons (Fsp3) is 0.320. The van der Waals surface area contributed by atoms with Gasteiger partial charge in [0.2, 0.25) is 0 Å². The summed E-state index contributed by atoms with van der Waals surface area (Å²) >= 11 is 0. The van der Waals surface area contributed by atoms with Gasteiger partial charge in [-0.1, -0.05) is 24.3 Å². The number of carbonyl (C=O) groups is 1. The normalized spacial score (nSPS) is 14.0. The molecule has 1 amide bonds. The number of rotatable bonds is 7. The Balaban J connectivity index is 1.58. The molecule has 0 saturated carbocycles. The fourth-order valence-corrected chi connectivity index (χ4v) is 4.25. The molecule has 0 spiro atoms. The largest absolute Gasteiger partial charge is 0.495 e. The van der Waals surface area contributed by atoms with Crippen molar-refractivity contribution >= 4 is 22.5 Å². The van der Waals surface area contributed by atoms with Crippen molar-refractivity contribution in [3.8, 4) is 11.5 Å². The number of hydrogen-bond donors (Lipinski definition) is 0. The monoisotopic (exact) mass is 419 g/mol. The summed E-state index contributed by atoms with van der Waals surface area (Å²) in [7, 11) is 1.69. The van der Waals surface area contributed by atoms with Crippen molar-refractivity contribution in [2.24, 2.45) is 0 Å². The van der Waals surface area contributed by atoms with Gasteiger partial charge in [0.1, 0.15) is 17.2 Å². The van der Waals surface area contributed by atoms with Crippen LogP contribution >= 0.6 is 0 Å². The zero-order chi connectivity index (χ0) is 21.8. The summed E-state index contributed by atoms with van der Waals surface area (Å²) in [6, 6.07) is 15.9. The molecular weight excluding hydrogens is 390 g/mol. The number of carbonyl (C=O) groups excluding carboxylic acids is 1. The molecule has 0 atom stereocenters. The molecule has 4 rings (SSSR count). The van der Waals surface area contributed by atoms with Crippen molar-refractivity contribution in [2.75, 3.05) is 44.8 Å². The summed E-state index contributed by atoms with van der Waals surface area (Å²) in [5.41, 5.74) is 2.73. The second-order valence-electron chi connectivity index (χ2n) is 7.50. The minimum Gasteiger partial charge on any atom is -0.495 e. The number of hydrogen-bond acceptors (Lipinski definition) is 4. The van der Waals surface area contributed by atoms with Gasteiger partial charge in [-0.25, -0.2) is 0 Å². The van der Waals surface area contributed by atoms with Gasteiger partial charge in [0, 0.05) is 38.1 Å². The van der Waals surface area contributed by atoms with E-state index in [1.807, 2.05) is 64.9 Å². The van der Waals surface area contributed by atoms with E-state index in [-0.39, 0.29) is 5.91 Å². The highest BCUT2D eigenvalue weighted by Crippen LogP contribution is 2.31. The van der Waals surface area contributed by atoms with E-state index in [9.17, 15) is 4.79 Å². The average Bonchev–Trinajstić information content (AvgIpc) is 3.18. The van der Waals surface area contributed by atoms with Crippen molar-refractivity contribution in [1.29, 1.82) is 0 Å². The topological polar surface area (TPSA) is 46.9 Å². The van der Waals surface area contributed by atoms with Crippen LogP contribution in [0.5, 0.6) is 11.5 Å². The highest BCUT2D eigenvalue weighted by atomic mass is 16.5. The Morgan fingerprint density at radius 1 is 1.06 bits per heavy atom. The summed E-state index contributed by atoms with van der Waals surface area (Å²) in [6.45, 7) is 9.84. The Kier molecular flexibility index (Phi) is 6.16. The standard InChI is InChI=1S/C25H29N3O3/c1-4-13-28-20-10-8-12-23(31-5-2)19(20)18-22(28)25(29)27-16-14-26(15-17-27)21-9-6-7-11-24(21)30-3/h4,6-12,18H,1,5,13-17H2,2-3H3. The van der Waals surface area contributed by atoms with E-state index in [1.54, 1.807) is 7.11 Å². The lowest BCUT2D eigenvalue weighted by Crippen LogP contribution is -2.49. The average molecular weight is 420 g/mol. The number of anilines is 1. The van der Waals surface area contributed by atoms with E-state index < -0.39 is 0 Å². The van der Waals surface area contributed by atoms with Gasteiger partial charge in [0.05, 0.1) is 24.9 Å². The van der Waals surface area contributed by atoms with Crippen LogP contribution in [0.3, 0.4) is 0 Å². The van der Waals surface area contributed by atoms with Crippen molar-refractivity contribution in [3.63, 3.8) is 0 Å². The molecule has 31 heavy (non-hydrogen) atoms. The van der Waals surface area contributed by atoms with Gasteiger partial charge in [-0.05, 0) is 37.3 Å². The summed E-state index contributed by atoms with van der Waals surface area (Å²) < 4.78 is 13.3. The predicted molar refractivity (Wildman–Crippen MR) is 124 cm³/mol. The maximum atomic E-state index is 13.5. The number of fused-ring (bicyclic) bond motifs is 1. The number of allylic oxidation sites excluding steroid dienone is 1. The third-order valence-corrected chi connectivity index (χ3v) is 5.73. The van der Waals surface area contributed by atoms with E-state index in [1.165, 1.54) is 0 Å². The molecule has 0 N–H and O–H groups in total. The van der Waals surface area contributed by atoms with Crippen molar-refractivity contribution < 1.29 is 14.3 Å². The predicted octanol–water partition coefficient (Wildman–Crippen LogP) is 4.20. The summed E-state index contributed by atoms with van der Waals surface area (Å²) in [4.78, 5) is 17.7. The molecule has 0 unspecified atom stereocenters. The summed E-state index contributed by atoms with van der Waals surface area (Å²) in [5.74, 6) is 1.70.